The van der Waals surface area contributed by atoms with E-state index < -0.39 is 22.0 Å². The van der Waals surface area contributed by atoms with Gasteiger partial charge in [-0.25, -0.2) is 8.42 Å². The number of carbonyl (C=O) groups excluding carboxylic acids is 1. The van der Waals surface area contributed by atoms with Gasteiger partial charge in [-0.3, -0.25) is 4.79 Å². The summed E-state index contributed by atoms with van der Waals surface area (Å²) in [6.45, 7) is -0.315. The van der Waals surface area contributed by atoms with E-state index in [2.05, 4.69) is 21.2 Å². The number of hydrogen-bond acceptors (Lipinski definition) is 3. The van der Waals surface area contributed by atoms with Crippen LogP contribution in [-0.4, -0.2) is 25.2 Å². The second-order valence-corrected chi connectivity index (χ2v) is 11.5. The highest BCUT2D eigenvalue weighted by atomic mass is 79.9. The van der Waals surface area contributed by atoms with E-state index in [1.165, 1.54) is 28.6 Å². The van der Waals surface area contributed by atoms with Crippen molar-refractivity contribution < 1.29 is 13.2 Å². The third-order valence-electron chi connectivity index (χ3n) is 5.61. The first-order chi connectivity index (χ1) is 17.3. The number of carbonyl (C=O) groups is 1. The van der Waals surface area contributed by atoms with Crippen LogP contribution < -0.4 is 5.32 Å². The minimum atomic E-state index is -3.98. The zero-order valence-corrected chi connectivity index (χ0v) is 22.4. The molecular formula is C28H24BrClN2O3S. The Balaban J connectivity index is 1.63. The SMILES string of the molecule is O=C(CN(Cc1ccc(Br)cc1)S(=O)(=O)c1ccc(Cl)cc1)NC(c1ccccc1)c1ccccc1. The molecule has 0 aliphatic carbocycles. The zero-order valence-electron chi connectivity index (χ0n) is 19.2. The number of benzene rings is 4. The predicted octanol–water partition coefficient (Wildman–Crippen LogP) is 6.20. The van der Waals surface area contributed by atoms with Crippen molar-refractivity contribution in [2.24, 2.45) is 0 Å². The zero-order chi connectivity index (χ0) is 25.5. The first kappa shape index (κ1) is 26.1. The molecule has 0 aliphatic rings. The van der Waals surface area contributed by atoms with Gasteiger partial charge in [0.25, 0.3) is 0 Å². The molecule has 0 aliphatic heterocycles. The molecular weight excluding hydrogens is 560 g/mol. The number of nitrogens with zero attached hydrogens (tertiary/aromatic N) is 1. The van der Waals surface area contributed by atoms with Crippen LogP contribution in [0.25, 0.3) is 0 Å². The van der Waals surface area contributed by atoms with Gasteiger partial charge in [-0.1, -0.05) is 100 Å². The summed E-state index contributed by atoms with van der Waals surface area (Å²) in [5.41, 5.74) is 2.56. The summed E-state index contributed by atoms with van der Waals surface area (Å²) in [6, 6.07) is 32.0. The van der Waals surface area contributed by atoms with Gasteiger partial charge >= 0.3 is 0 Å². The van der Waals surface area contributed by atoms with Crippen LogP contribution in [0, 0.1) is 0 Å². The predicted molar refractivity (Wildman–Crippen MR) is 146 cm³/mol. The summed E-state index contributed by atoms with van der Waals surface area (Å²) in [4.78, 5) is 13.4. The van der Waals surface area contributed by atoms with E-state index in [-0.39, 0.29) is 18.0 Å². The van der Waals surface area contributed by atoms with E-state index in [0.29, 0.717) is 5.02 Å². The smallest absolute Gasteiger partial charge is 0.243 e. The average Bonchev–Trinajstić information content (AvgIpc) is 2.89. The molecule has 4 rings (SSSR count). The van der Waals surface area contributed by atoms with Gasteiger partial charge in [0.2, 0.25) is 15.9 Å². The lowest BCUT2D eigenvalue weighted by Crippen LogP contribution is -2.41. The fourth-order valence-electron chi connectivity index (χ4n) is 3.79. The second kappa shape index (κ2) is 11.8. The lowest BCUT2D eigenvalue weighted by Gasteiger charge is -2.25. The molecule has 1 N–H and O–H groups in total. The Labute approximate surface area is 224 Å². The summed E-state index contributed by atoms with van der Waals surface area (Å²) in [6.07, 6.45) is 0. The molecule has 0 spiro atoms. The van der Waals surface area contributed by atoms with E-state index in [1.807, 2.05) is 84.9 Å². The summed E-state index contributed by atoms with van der Waals surface area (Å²) in [5, 5.41) is 3.46. The first-order valence-electron chi connectivity index (χ1n) is 11.2. The molecule has 0 aromatic heterocycles. The van der Waals surface area contributed by atoms with Crippen molar-refractivity contribution in [3.63, 3.8) is 0 Å². The molecule has 0 bridgehead atoms. The fourth-order valence-corrected chi connectivity index (χ4v) is 5.57. The van der Waals surface area contributed by atoms with Gasteiger partial charge in [-0.2, -0.15) is 4.31 Å². The van der Waals surface area contributed by atoms with Gasteiger partial charge in [-0.15, -0.1) is 0 Å². The molecule has 5 nitrogen and oxygen atoms in total. The van der Waals surface area contributed by atoms with Crippen molar-refractivity contribution in [3.8, 4) is 0 Å². The molecule has 0 unspecified atom stereocenters. The van der Waals surface area contributed by atoms with Crippen LogP contribution >= 0.6 is 27.5 Å². The van der Waals surface area contributed by atoms with Gasteiger partial charge in [-0.05, 0) is 53.1 Å². The highest BCUT2D eigenvalue weighted by molar-refractivity contribution is 9.10. The molecule has 36 heavy (non-hydrogen) atoms. The number of amides is 1. The van der Waals surface area contributed by atoms with Gasteiger partial charge in [0.15, 0.2) is 0 Å². The van der Waals surface area contributed by atoms with Crippen LogP contribution in [0.15, 0.2) is 119 Å². The molecule has 8 heteroatoms. The second-order valence-electron chi connectivity index (χ2n) is 8.18. The summed E-state index contributed by atoms with van der Waals surface area (Å²) in [7, 11) is -3.98. The van der Waals surface area contributed by atoms with Crippen LogP contribution in [0.5, 0.6) is 0 Å². The van der Waals surface area contributed by atoms with E-state index >= 15 is 0 Å². The molecule has 0 heterocycles. The molecule has 0 saturated carbocycles. The Bertz CT molecular complexity index is 1360. The van der Waals surface area contributed by atoms with Crippen molar-refractivity contribution in [3.05, 3.63) is 135 Å². The molecule has 4 aromatic rings. The fraction of sp³-hybridized carbons (Fsp3) is 0.107. The molecule has 0 saturated heterocycles. The first-order valence-corrected chi connectivity index (χ1v) is 13.8. The monoisotopic (exact) mass is 582 g/mol. The van der Waals surface area contributed by atoms with Crippen LogP contribution in [0.1, 0.15) is 22.7 Å². The van der Waals surface area contributed by atoms with E-state index in [4.69, 9.17) is 11.6 Å². The van der Waals surface area contributed by atoms with Gasteiger partial charge in [0.05, 0.1) is 17.5 Å². The van der Waals surface area contributed by atoms with E-state index in [1.54, 1.807) is 0 Å². The minimum absolute atomic E-state index is 0.0347. The van der Waals surface area contributed by atoms with Crippen LogP contribution in [0.3, 0.4) is 0 Å². The molecule has 184 valence electrons. The largest absolute Gasteiger partial charge is 0.344 e. The summed E-state index contributed by atoms with van der Waals surface area (Å²) < 4.78 is 29.2. The van der Waals surface area contributed by atoms with Gasteiger partial charge in [0.1, 0.15) is 0 Å². The normalized spacial score (nSPS) is 11.6. The van der Waals surface area contributed by atoms with Crippen molar-refractivity contribution in [2.45, 2.75) is 17.5 Å². The Morgan fingerprint density at radius 2 is 1.33 bits per heavy atom. The van der Waals surface area contributed by atoms with Gasteiger partial charge in [0, 0.05) is 16.0 Å². The van der Waals surface area contributed by atoms with Crippen LogP contribution in [0.4, 0.5) is 0 Å². The maximum Gasteiger partial charge on any atom is 0.243 e. The van der Waals surface area contributed by atoms with Crippen LogP contribution in [0.2, 0.25) is 5.02 Å². The summed E-state index contributed by atoms with van der Waals surface area (Å²) >= 11 is 9.36. The lowest BCUT2D eigenvalue weighted by molar-refractivity contribution is -0.121. The molecule has 0 fully saturated rings. The number of rotatable bonds is 9. The average molecular weight is 584 g/mol. The highest BCUT2D eigenvalue weighted by Gasteiger charge is 2.28. The van der Waals surface area contributed by atoms with Gasteiger partial charge < -0.3 is 5.32 Å². The molecule has 0 atom stereocenters. The maximum absolute atomic E-state index is 13.6. The van der Waals surface area contributed by atoms with Crippen molar-refractivity contribution in [1.29, 1.82) is 0 Å². The van der Waals surface area contributed by atoms with Crippen molar-refractivity contribution in [1.82, 2.24) is 9.62 Å². The molecule has 4 aromatic carbocycles. The number of halogens is 2. The number of hydrogen-bond donors (Lipinski definition) is 1. The van der Waals surface area contributed by atoms with Crippen molar-refractivity contribution in [2.75, 3.05) is 6.54 Å². The number of nitrogens with one attached hydrogen (secondary N) is 1. The third-order valence-corrected chi connectivity index (χ3v) is 8.20. The molecule has 0 radical (unpaired) electrons. The summed E-state index contributed by atoms with van der Waals surface area (Å²) in [5.74, 6) is -0.414. The Hall–Kier alpha value is -2.97. The van der Waals surface area contributed by atoms with E-state index in [9.17, 15) is 13.2 Å². The Morgan fingerprint density at radius 3 is 1.86 bits per heavy atom. The Morgan fingerprint density at radius 1 is 0.806 bits per heavy atom. The van der Waals surface area contributed by atoms with Crippen molar-refractivity contribution >= 4 is 43.5 Å². The molecule has 1 amide bonds. The lowest BCUT2D eigenvalue weighted by atomic mass is 9.99. The topological polar surface area (TPSA) is 66.5 Å². The Kier molecular flexibility index (Phi) is 8.59. The standard InChI is InChI=1S/C28H24BrClN2O3S/c29-24-13-11-21(12-14-24)19-32(36(34,35)26-17-15-25(30)16-18-26)20-27(33)31-28(22-7-3-1-4-8-22)23-9-5-2-6-10-23/h1-18,28H,19-20H2,(H,31,33). The minimum Gasteiger partial charge on any atom is -0.344 e. The number of sulfonamides is 1. The quantitative estimate of drug-likeness (QED) is 0.255. The highest BCUT2D eigenvalue weighted by Crippen LogP contribution is 2.24. The third kappa shape index (κ3) is 6.62. The van der Waals surface area contributed by atoms with E-state index in [0.717, 1.165) is 21.2 Å². The van der Waals surface area contributed by atoms with Crippen LogP contribution in [-0.2, 0) is 21.4 Å². The maximum atomic E-state index is 13.6.